The van der Waals surface area contributed by atoms with Crippen molar-refractivity contribution >= 4 is 0 Å². The van der Waals surface area contributed by atoms with Gasteiger partial charge in [0.2, 0.25) is 0 Å². The Kier molecular flexibility index (Phi) is 10.4. The van der Waals surface area contributed by atoms with Crippen LogP contribution >= 0.6 is 0 Å². The van der Waals surface area contributed by atoms with Gasteiger partial charge in [-0.05, 0) is 19.8 Å². The molecule has 0 bridgehead atoms. The summed E-state index contributed by atoms with van der Waals surface area (Å²) in [6.07, 6.45) is 15.1. The predicted octanol–water partition coefficient (Wildman–Crippen LogP) is 5.69. The number of rotatable bonds is 12. The van der Waals surface area contributed by atoms with E-state index in [1.807, 2.05) is 0 Å². The molecule has 2 nitrogen and oxygen atoms in total. The minimum Gasteiger partial charge on any atom is -0.350 e. The van der Waals surface area contributed by atoms with Crippen molar-refractivity contribution in [2.75, 3.05) is 6.61 Å². The fourth-order valence-electron chi connectivity index (χ4n) is 3.04. The summed E-state index contributed by atoms with van der Waals surface area (Å²) in [7, 11) is 0. The number of hydrogen-bond donors (Lipinski definition) is 0. The van der Waals surface area contributed by atoms with Gasteiger partial charge in [-0.1, -0.05) is 71.6 Å². The largest absolute Gasteiger partial charge is 0.350 e. The van der Waals surface area contributed by atoms with Crippen LogP contribution in [-0.4, -0.2) is 19.0 Å². The molecule has 3 atom stereocenters. The Morgan fingerprint density at radius 3 is 1.90 bits per heavy atom. The zero-order valence-corrected chi connectivity index (χ0v) is 14.0. The Hall–Kier alpha value is -0.0800. The van der Waals surface area contributed by atoms with Gasteiger partial charge in [0.25, 0.3) is 0 Å². The van der Waals surface area contributed by atoms with Crippen LogP contribution in [0.5, 0.6) is 0 Å². The van der Waals surface area contributed by atoms with Gasteiger partial charge in [-0.2, -0.15) is 0 Å². The maximum atomic E-state index is 5.94. The molecule has 0 radical (unpaired) electrons. The third-order valence-corrected chi connectivity index (χ3v) is 4.35. The first-order valence-electron chi connectivity index (χ1n) is 9.05. The Bertz CT molecular complexity index is 217. The smallest absolute Gasteiger partial charge is 0.160 e. The number of ether oxygens (including phenoxy) is 2. The molecule has 2 heteroatoms. The highest BCUT2D eigenvalue weighted by Gasteiger charge is 2.29. The molecule has 0 aliphatic carbocycles. The van der Waals surface area contributed by atoms with Crippen molar-refractivity contribution in [1.82, 2.24) is 0 Å². The summed E-state index contributed by atoms with van der Waals surface area (Å²) in [5.41, 5.74) is 0. The second-order valence-electron chi connectivity index (χ2n) is 6.46. The van der Waals surface area contributed by atoms with Crippen molar-refractivity contribution in [3.05, 3.63) is 0 Å². The lowest BCUT2D eigenvalue weighted by Gasteiger charge is -2.22. The summed E-state index contributed by atoms with van der Waals surface area (Å²) in [6, 6.07) is 0. The minimum atomic E-state index is 0.0813. The average Bonchev–Trinajstić information content (AvgIpc) is 2.87. The van der Waals surface area contributed by atoms with Crippen LogP contribution < -0.4 is 0 Å². The Balaban J connectivity index is 2.23. The van der Waals surface area contributed by atoms with Gasteiger partial charge in [-0.15, -0.1) is 0 Å². The number of hydrogen-bond acceptors (Lipinski definition) is 2. The molecule has 1 fully saturated rings. The van der Waals surface area contributed by atoms with Gasteiger partial charge in [0.05, 0.1) is 12.7 Å². The molecule has 0 amide bonds. The predicted molar refractivity (Wildman–Crippen MR) is 85.9 cm³/mol. The summed E-state index contributed by atoms with van der Waals surface area (Å²) >= 11 is 0. The van der Waals surface area contributed by atoms with Gasteiger partial charge >= 0.3 is 0 Å². The first-order chi connectivity index (χ1) is 9.77. The molecule has 1 rings (SSSR count). The van der Waals surface area contributed by atoms with E-state index in [-0.39, 0.29) is 6.29 Å². The van der Waals surface area contributed by atoms with Crippen molar-refractivity contribution in [3.63, 3.8) is 0 Å². The van der Waals surface area contributed by atoms with Crippen LogP contribution in [-0.2, 0) is 9.47 Å². The highest BCUT2D eigenvalue weighted by atomic mass is 16.7. The maximum Gasteiger partial charge on any atom is 0.160 e. The lowest BCUT2D eigenvalue weighted by atomic mass is 9.94. The molecule has 3 unspecified atom stereocenters. The molecule has 0 N–H and O–H groups in total. The van der Waals surface area contributed by atoms with Crippen LogP contribution in [0, 0.1) is 5.92 Å². The SMILES string of the molecule is CCCCCCCC(CCCCCC)C1OCC(C)O1. The van der Waals surface area contributed by atoms with E-state index in [1.54, 1.807) is 0 Å². The van der Waals surface area contributed by atoms with Gasteiger partial charge in [-0.25, -0.2) is 0 Å². The Morgan fingerprint density at radius 2 is 1.40 bits per heavy atom. The fourth-order valence-corrected chi connectivity index (χ4v) is 3.04. The van der Waals surface area contributed by atoms with E-state index in [4.69, 9.17) is 9.47 Å². The van der Waals surface area contributed by atoms with Crippen molar-refractivity contribution in [2.24, 2.45) is 5.92 Å². The first-order valence-corrected chi connectivity index (χ1v) is 9.05. The van der Waals surface area contributed by atoms with E-state index in [2.05, 4.69) is 20.8 Å². The van der Waals surface area contributed by atoms with E-state index in [9.17, 15) is 0 Å². The van der Waals surface area contributed by atoms with E-state index in [0.717, 1.165) is 6.61 Å². The summed E-state index contributed by atoms with van der Waals surface area (Å²) < 4.78 is 11.8. The molecule has 0 spiro atoms. The highest BCUT2D eigenvalue weighted by molar-refractivity contribution is 4.70. The van der Waals surface area contributed by atoms with Crippen LogP contribution in [0.2, 0.25) is 0 Å². The molecule has 0 aromatic rings. The van der Waals surface area contributed by atoms with E-state index in [1.165, 1.54) is 70.6 Å². The van der Waals surface area contributed by atoms with Crippen molar-refractivity contribution in [1.29, 1.82) is 0 Å². The van der Waals surface area contributed by atoms with Gasteiger partial charge in [0, 0.05) is 5.92 Å². The normalized spacial score (nSPS) is 24.1. The van der Waals surface area contributed by atoms with Crippen LogP contribution in [0.3, 0.4) is 0 Å². The summed E-state index contributed by atoms with van der Waals surface area (Å²) in [5, 5.41) is 0. The van der Waals surface area contributed by atoms with Crippen molar-refractivity contribution in [2.45, 2.75) is 104 Å². The van der Waals surface area contributed by atoms with Gasteiger partial charge < -0.3 is 9.47 Å². The Labute approximate surface area is 126 Å². The van der Waals surface area contributed by atoms with Gasteiger partial charge in [-0.3, -0.25) is 0 Å². The fraction of sp³-hybridized carbons (Fsp3) is 1.00. The van der Waals surface area contributed by atoms with E-state index >= 15 is 0 Å². The van der Waals surface area contributed by atoms with Gasteiger partial charge in [0.1, 0.15) is 0 Å². The lowest BCUT2D eigenvalue weighted by molar-refractivity contribution is -0.0990. The summed E-state index contributed by atoms with van der Waals surface area (Å²) in [5.74, 6) is 0.624. The maximum absolute atomic E-state index is 5.94. The van der Waals surface area contributed by atoms with Crippen LogP contribution in [0.4, 0.5) is 0 Å². The van der Waals surface area contributed by atoms with Gasteiger partial charge in [0.15, 0.2) is 6.29 Å². The first kappa shape index (κ1) is 18.0. The molecular weight excluding hydrogens is 248 g/mol. The van der Waals surface area contributed by atoms with E-state index in [0.29, 0.717) is 12.0 Å². The topological polar surface area (TPSA) is 18.5 Å². The molecular formula is C18H36O2. The second-order valence-corrected chi connectivity index (χ2v) is 6.46. The average molecular weight is 284 g/mol. The third-order valence-electron chi connectivity index (χ3n) is 4.35. The summed E-state index contributed by atoms with van der Waals surface area (Å²) in [4.78, 5) is 0. The third kappa shape index (κ3) is 7.64. The molecule has 0 aromatic heterocycles. The molecule has 1 aliphatic heterocycles. The minimum absolute atomic E-state index is 0.0813. The van der Waals surface area contributed by atoms with Crippen LogP contribution in [0.15, 0.2) is 0 Å². The zero-order chi connectivity index (χ0) is 14.6. The van der Waals surface area contributed by atoms with E-state index < -0.39 is 0 Å². The van der Waals surface area contributed by atoms with Crippen LogP contribution in [0.25, 0.3) is 0 Å². The Morgan fingerprint density at radius 1 is 0.850 bits per heavy atom. The lowest BCUT2D eigenvalue weighted by Crippen LogP contribution is -2.22. The second kappa shape index (κ2) is 11.6. The quantitative estimate of drug-likeness (QED) is 0.428. The van der Waals surface area contributed by atoms with Crippen molar-refractivity contribution < 1.29 is 9.47 Å². The summed E-state index contributed by atoms with van der Waals surface area (Å²) in [6.45, 7) is 7.45. The standard InChI is InChI=1S/C18H36O2/c1-4-6-8-10-12-14-17(13-11-9-7-5-2)18-19-15-16(3)20-18/h16-18H,4-15H2,1-3H3. The highest BCUT2D eigenvalue weighted by Crippen LogP contribution is 2.28. The molecule has 1 aliphatic rings. The number of unbranched alkanes of at least 4 members (excludes halogenated alkanes) is 7. The molecule has 1 saturated heterocycles. The van der Waals surface area contributed by atoms with Crippen molar-refractivity contribution in [3.8, 4) is 0 Å². The molecule has 120 valence electrons. The molecule has 1 heterocycles. The molecule has 0 aromatic carbocycles. The zero-order valence-electron chi connectivity index (χ0n) is 14.0. The molecule has 20 heavy (non-hydrogen) atoms. The molecule has 0 saturated carbocycles. The van der Waals surface area contributed by atoms with Crippen LogP contribution in [0.1, 0.15) is 91.4 Å². The monoisotopic (exact) mass is 284 g/mol.